The lowest BCUT2D eigenvalue weighted by Gasteiger charge is -2.32. The Bertz CT molecular complexity index is 895. The molecule has 3 N–H and O–H groups in total. The third kappa shape index (κ3) is 6.74. The molecule has 0 spiro atoms. The van der Waals surface area contributed by atoms with Crippen molar-refractivity contribution in [3.05, 3.63) is 41.2 Å². The van der Waals surface area contributed by atoms with E-state index in [9.17, 15) is 13.8 Å². The van der Waals surface area contributed by atoms with E-state index in [2.05, 4.69) is 15.3 Å². The Morgan fingerprint density at radius 1 is 1.21 bits per heavy atom. The van der Waals surface area contributed by atoms with Gasteiger partial charge in [-0.25, -0.2) is 9.97 Å². The average Bonchev–Trinajstić information content (AvgIpc) is 2.80. The van der Waals surface area contributed by atoms with E-state index in [0.29, 0.717) is 37.1 Å². The molecule has 0 unspecified atom stereocenters. The Morgan fingerprint density at radius 2 is 1.85 bits per heavy atom. The number of amides is 1. The normalized spacial score (nSPS) is 14.3. The maximum absolute atomic E-state index is 12.5. The molecular weight excluding hydrogens is 430 g/mol. The zero-order chi connectivity index (χ0) is 23.8. The molecule has 1 amide bonds. The number of halogens is 2. The van der Waals surface area contributed by atoms with E-state index in [1.807, 2.05) is 30.9 Å². The number of benzene rings is 1. The number of ether oxygens (including phenoxy) is 1. The molecule has 180 valence electrons. The van der Waals surface area contributed by atoms with Crippen molar-refractivity contribution in [2.24, 2.45) is 11.7 Å². The van der Waals surface area contributed by atoms with Crippen LogP contribution < -0.4 is 26.0 Å². The number of aryl methyl sites for hydroxylation is 2. The van der Waals surface area contributed by atoms with Gasteiger partial charge in [0, 0.05) is 31.7 Å². The van der Waals surface area contributed by atoms with Gasteiger partial charge in [-0.3, -0.25) is 4.79 Å². The molecule has 2 aromatic rings. The van der Waals surface area contributed by atoms with Crippen LogP contribution in [0.1, 0.15) is 47.2 Å². The molecule has 10 heteroatoms. The SMILES string of the molecule is Cc1cc(OCCCC2CCN(c3ncc(N(F)F)cn3)CC2)cc(C)c1C(=O)NCCN. The van der Waals surface area contributed by atoms with E-state index in [1.54, 1.807) is 0 Å². The minimum absolute atomic E-state index is 0.110. The topological polar surface area (TPSA) is 96.6 Å². The minimum atomic E-state index is -0.991. The number of carbonyl (C=O) groups is 1. The van der Waals surface area contributed by atoms with E-state index in [-0.39, 0.29) is 11.6 Å². The number of piperidine rings is 1. The van der Waals surface area contributed by atoms with Gasteiger partial charge in [0.1, 0.15) is 11.4 Å². The summed E-state index contributed by atoms with van der Waals surface area (Å²) in [6.07, 6.45) is 6.28. The molecule has 3 rings (SSSR count). The van der Waals surface area contributed by atoms with E-state index in [1.165, 1.54) is 0 Å². The highest BCUT2D eigenvalue weighted by Crippen LogP contribution is 2.26. The summed E-state index contributed by atoms with van der Waals surface area (Å²) < 4.78 is 30.9. The van der Waals surface area contributed by atoms with Crippen molar-refractivity contribution in [3.8, 4) is 5.75 Å². The van der Waals surface area contributed by atoms with Crippen molar-refractivity contribution in [2.75, 3.05) is 43.0 Å². The zero-order valence-electron chi connectivity index (χ0n) is 19.2. The summed E-state index contributed by atoms with van der Waals surface area (Å²) in [4.78, 5) is 22.4. The first kappa shape index (κ1) is 24.6. The van der Waals surface area contributed by atoms with E-state index in [4.69, 9.17) is 10.5 Å². The first-order valence-corrected chi connectivity index (χ1v) is 11.3. The molecule has 0 bridgehead atoms. The van der Waals surface area contributed by atoms with Gasteiger partial charge in [0.2, 0.25) is 5.95 Å². The Labute approximate surface area is 193 Å². The predicted molar refractivity (Wildman–Crippen MR) is 124 cm³/mol. The van der Waals surface area contributed by atoms with Crippen LogP contribution in [-0.4, -0.2) is 48.7 Å². The second kappa shape index (κ2) is 11.7. The number of nitrogens with one attached hydrogen (secondary N) is 1. The van der Waals surface area contributed by atoms with Crippen LogP contribution in [0.2, 0.25) is 0 Å². The fraction of sp³-hybridized carbons (Fsp3) is 0.522. The van der Waals surface area contributed by atoms with Crippen LogP contribution in [0.3, 0.4) is 0 Å². The van der Waals surface area contributed by atoms with E-state index >= 15 is 0 Å². The van der Waals surface area contributed by atoms with Crippen LogP contribution in [0, 0.1) is 19.8 Å². The monoisotopic (exact) mass is 462 g/mol. The molecular formula is C23H32F2N6O2. The van der Waals surface area contributed by atoms with Crippen LogP contribution in [0.15, 0.2) is 24.5 Å². The van der Waals surface area contributed by atoms with Crippen LogP contribution in [0.4, 0.5) is 20.6 Å². The van der Waals surface area contributed by atoms with Gasteiger partial charge < -0.3 is 20.7 Å². The number of nitrogens with two attached hydrogens (primary N) is 1. The summed E-state index contributed by atoms with van der Waals surface area (Å²) in [6.45, 7) is 6.92. The lowest BCUT2D eigenvalue weighted by Crippen LogP contribution is -2.35. The Balaban J connectivity index is 1.40. The molecule has 0 aliphatic carbocycles. The molecule has 1 aliphatic rings. The van der Waals surface area contributed by atoms with Gasteiger partial charge in [0.15, 0.2) is 0 Å². The predicted octanol–water partition coefficient (Wildman–Crippen LogP) is 3.43. The number of anilines is 2. The van der Waals surface area contributed by atoms with Gasteiger partial charge in [-0.1, -0.05) is 8.96 Å². The molecule has 1 fully saturated rings. The summed E-state index contributed by atoms with van der Waals surface area (Å²) >= 11 is 0. The van der Waals surface area contributed by atoms with Gasteiger partial charge in [-0.2, -0.15) is 0 Å². The third-order valence-electron chi connectivity index (χ3n) is 5.91. The highest BCUT2D eigenvalue weighted by Gasteiger charge is 2.21. The summed E-state index contributed by atoms with van der Waals surface area (Å²) in [5.74, 6) is 1.75. The number of aromatic nitrogens is 2. The lowest BCUT2D eigenvalue weighted by molar-refractivity contribution is 0.0953. The fourth-order valence-electron chi connectivity index (χ4n) is 4.19. The van der Waals surface area contributed by atoms with Gasteiger partial charge >= 0.3 is 0 Å². The molecule has 1 aromatic carbocycles. The highest BCUT2D eigenvalue weighted by atomic mass is 19.4. The quantitative estimate of drug-likeness (QED) is 0.412. The maximum atomic E-state index is 12.5. The van der Waals surface area contributed by atoms with Gasteiger partial charge in [-0.05, 0) is 74.1 Å². The average molecular weight is 463 g/mol. The fourth-order valence-corrected chi connectivity index (χ4v) is 4.19. The van der Waals surface area contributed by atoms with Crippen molar-refractivity contribution in [3.63, 3.8) is 0 Å². The molecule has 1 saturated heterocycles. The smallest absolute Gasteiger partial charge is 0.251 e. The van der Waals surface area contributed by atoms with Crippen molar-refractivity contribution < 1.29 is 18.5 Å². The van der Waals surface area contributed by atoms with Crippen molar-refractivity contribution >= 4 is 17.5 Å². The maximum Gasteiger partial charge on any atom is 0.251 e. The van der Waals surface area contributed by atoms with E-state index < -0.39 is 5.34 Å². The number of rotatable bonds is 10. The zero-order valence-corrected chi connectivity index (χ0v) is 19.2. The van der Waals surface area contributed by atoms with Crippen LogP contribution in [-0.2, 0) is 0 Å². The molecule has 2 heterocycles. The first-order chi connectivity index (χ1) is 15.9. The standard InChI is InChI=1S/C23H32F2N6O2/c1-16-12-20(13-17(2)21(16)22(32)27-8-7-26)33-11-3-4-18-5-9-30(10-6-18)23-28-14-19(15-29-23)31(24)25/h12-15,18H,3-11,26H2,1-2H3,(H,27,32). The van der Waals surface area contributed by atoms with Gasteiger partial charge in [-0.15, -0.1) is 0 Å². The highest BCUT2D eigenvalue weighted by molar-refractivity contribution is 5.97. The van der Waals surface area contributed by atoms with Gasteiger partial charge in [0.05, 0.1) is 19.0 Å². The van der Waals surface area contributed by atoms with Crippen molar-refractivity contribution in [2.45, 2.75) is 39.5 Å². The Morgan fingerprint density at radius 3 is 2.42 bits per heavy atom. The van der Waals surface area contributed by atoms with Crippen LogP contribution >= 0.6 is 0 Å². The lowest BCUT2D eigenvalue weighted by atomic mass is 9.92. The molecule has 0 atom stereocenters. The number of carbonyl (C=O) groups excluding carboxylic acids is 1. The number of nitrogens with zero attached hydrogens (tertiary/aromatic N) is 4. The number of hydrogen-bond donors (Lipinski definition) is 2. The Hall–Kier alpha value is -3.01. The molecule has 0 saturated carbocycles. The second-order valence-corrected chi connectivity index (χ2v) is 8.37. The minimum Gasteiger partial charge on any atom is -0.494 e. The summed E-state index contributed by atoms with van der Waals surface area (Å²) in [7, 11) is 0. The summed E-state index contributed by atoms with van der Waals surface area (Å²) in [6, 6.07) is 3.80. The second-order valence-electron chi connectivity index (χ2n) is 8.37. The first-order valence-electron chi connectivity index (χ1n) is 11.3. The molecule has 1 aliphatic heterocycles. The molecule has 1 aromatic heterocycles. The van der Waals surface area contributed by atoms with Crippen LogP contribution in [0.25, 0.3) is 0 Å². The van der Waals surface area contributed by atoms with Gasteiger partial charge in [0.25, 0.3) is 5.91 Å². The van der Waals surface area contributed by atoms with E-state index in [0.717, 1.165) is 68.0 Å². The third-order valence-corrected chi connectivity index (χ3v) is 5.91. The van der Waals surface area contributed by atoms with Crippen LogP contribution in [0.5, 0.6) is 5.75 Å². The molecule has 33 heavy (non-hydrogen) atoms. The Kier molecular flexibility index (Phi) is 8.76. The largest absolute Gasteiger partial charge is 0.494 e. The molecule has 0 radical (unpaired) electrons. The molecule has 8 nitrogen and oxygen atoms in total. The summed E-state index contributed by atoms with van der Waals surface area (Å²) in [5, 5.41) is 1.82. The number of hydrogen-bond acceptors (Lipinski definition) is 7. The summed E-state index contributed by atoms with van der Waals surface area (Å²) in [5.41, 5.74) is 7.58. The van der Waals surface area contributed by atoms with Crippen molar-refractivity contribution in [1.82, 2.24) is 15.3 Å². The van der Waals surface area contributed by atoms with Crippen molar-refractivity contribution in [1.29, 1.82) is 0 Å².